The van der Waals surface area contributed by atoms with E-state index in [4.69, 9.17) is 5.73 Å². The molecular formula is C17H17BrN2O. The third kappa shape index (κ3) is 2.61. The average Bonchev–Trinajstić information content (AvgIpc) is 2.49. The lowest BCUT2D eigenvalue weighted by atomic mass is 9.91. The van der Waals surface area contributed by atoms with Crippen LogP contribution in [0.3, 0.4) is 0 Å². The van der Waals surface area contributed by atoms with Crippen LogP contribution in [-0.4, -0.2) is 12.5 Å². The van der Waals surface area contributed by atoms with Gasteiger partial charge in [0, 0.05) is 16.6 Å². The van der Waals surface area contributed by atoms with Crippen LogP contribution in [0.2, 0.25) is 0 Å². The average molecular weight is 345 g/mol. The Hall–Kier alpha value is -1.65. The first kappa shape index (κ1) is 14.3. The van der Waals surface area contributed by atoms with Crippen molar-refractivity contribution in [3.8, 4) is 0 Å². The fraction of sp³-hybridized carbons (Fsp3) is 0.235. The van der Waals surface area contributed by atoms with Crippen molar-refractivity contribution in [2.24, 2.45) is 5.73 Å². The van der Waals surface area contributed by atoms with Gasteiger partial charge in [-0.3, -0.25) is 4.79 Å². The molecule has 0 bridgehead atoms. The number of carbonyl (C=O) groups is 1. The van der Waals surface area contributed by atoms with Crippen molar-refractivity contribution in [1.82, 2.24) is 5.32 Å². The molecule has 1 amide bonds. The zero-order valence-corrected chi connectivity index (χ0v) is 13.4. The molecule has 1 atom stereocenters. The number of nitrogens with two attached hydrogens (primary N) is 1. The van der Waals surface area contributed by atoms with Gasteiger partial charge in [0.15, 0.2) is 0 Å². The Bertz CT molecular complexity index is 712. The summed E-state index contributed by atoms with van der Waals surface area (Å²) in [6, 6.07) is 11.8. The third-order valence-corrected chi connectivity index (χ3v) is 4.92. The second kappa shape index (κ2) is 5.62. The number of carbonyl (C=O) groups excluding carboxylic acids is 1. The lowest BCUT2D eigenvalue weighted by Crippen LogP contribution is -2.32. The van der Waals surface area contributed by atoms with Crippen LogP contribution in [-0.2, 0) is 6.42 Å². The van der Waals surface area contributed by atoms with Gasteiger partial charge in [-0.1, -0.05) is 40.2 Å². The van der Waals surface area contributed by atoms with E-state index < -0.39 is 0 Å². The van der Waals surface area contributed by atoms with Crippen LogP contribution in [0, 0.1) is 6.92 Å². The van der Waals surface area contributed by atoms with E-state index in [1.807, 2.05) is 43.3 Å². The Balaban J connectivity index is 2.02. The Labute approximate surface area is 132 Å². The van der Waals surface area contributed by atoms with Gasteiger partial charge in [0.05, 0.1) is 6.04 Å². The minimum atomic E-state index is -0.234. The van der Waals surface area contributed by atoms with Gasteiger partial charge in [-0.25, -0.2) is 0 Å². The highest BCUT2D eigenvalue weighted by atomic mass is 79.9. The van der Waals surface area contributed by atoms with Crippen molar-refractivity contribution in [3.05, 3.63) is 68.7 Å². The molecule has 0 aromatic heterocycles. The molecule has 0 spiro atoms. The van der Waals surface area contributed by atoms with Crippen molar-refractivity contribution in [2.75, 3.05) is 6.54 Å². The van der Waals surface area contributed by atoms with E-state index in [2.05, 4.69) is 21.2 Å². The molecule has 1 unspecified atom stereocenters. The van der Waals surface area contributed by atoms with E-state index in [0.717, 1.165) is 38.7 Å². The molecule has 0 saturated carbocycles. The maximum Gasteiger partial charge on any atom is 0.251 e. The maximum atomic E-state index is 12.0. The van der Waals surface area contributed by atoms with Crippen LogP contribution in [0.4, 0.5) is 0 Å². The van der Waals surface area contributed by atoms with Crippen molar-refractivity contribution < 1.29 is 4.79 Å². The fourth-order valence-electron chi connectivity index (χ4n) is 2.76. The summed E-state index contributed by atoms with van der Waals surface area (Å²) in [4.78, 5) is 12.0. The van der Waals surface area contributed by atoms with Gasteiger partial charge in [-0.2, -0.15) is 0 Å². The van der Waals surface area contributed by atoms with Crippen LogP contribution in [0.25, 0.3) is 0 Å². The second-order valence-electron chi connectivity index (χ2n) is 5.35. The molecule has 1 aliphatic rings. The minimum absolute atomic E-state index is 0.00346. The Kier molecular flexibility index (Phi) is 3.83. The summed E-state index contributed by atoms with van der Waals surface area (Å²) >= 11 is 3.54. The third-order valence-electron chi connectivity index (χ3n) is 4.06. The summed E-state index contributed by atoms with van der Waals surface area (Å²) in [6.45, 7) is 2.76. The summed E-state index contributed by atoms with van der Waals surface area (Å²) in [5, 5.41) is 2.88. The van der Waals surface area contributed by atoms with Gasteiger partial charge in [0.2, 0.25) is 0 Å². The maximum absolute atomic E-state index is 12.0. The van der Waals surface area contributed by atoms with E-state index in [1.54, 1.807) is 0 Å². The van der Waals surface area contributed by atoms with Crippen molar-refractivity contribution in [3.63, 3.8) is 0 Å². The zero-order chi connectivity index (χ0) is 15.0. The standard InChI is InChI=1S/C17H17BrN2O/c1-10-13(3-2-4-15(10)18)16(19)12-6-5-11-7-8-20-17(21)14(11)9-12/h2-6,9,16H,7-8,19H2,1H3,(H,20,21). The lowest BCUT2D eigenvalue weighted by Gasteiger charge is -2.20. The molecule has 3 N–H and O–H groups in total. The van der Waals surface area contributed by atoms with E-state index in [-0.39, 0.29) is 11.9 Å². The summed E-state index contributed by atoms with van der Waals surface area (Å²) in [6.07, 6.45) is 0.881. The minimum Gasteiger partial charge on any atom is -0.352 e. The van der Waals surface area contributed by atoms with Gasteiger partial charge in [0.25, 0.3) is 5.91 Å². The SMILES string of the molecule is Cc1c(Br)cccc1C(N)c1ccc2c(c1)C(=O)NCC2. The van der Waals surface area contributed by atoms with E-state index in [9.17, 15) is 4.79 Å². The van der Waals surface area contributed by atoms with E-state index in [0.29, 0.717) is 6.54 Å². The number of nitrogens with one attached hydrogen (secondary N) is 1. The van der Waals surface area contributed by atoms with E-state index in [1.165, 1.54) is 0 Å². The molecule has 2 aromatic carbocycles. The monoisotopic (exact) mass is 344 g/mol. The summed E-state index contributed by atoms with van der Waals surface area (Å²) in [7, 11) is 0. The summed E-state index contributed by atoms with van der Waals surface area (Å²) in [5.74, 6) is -0.00346. The number of benzene rings is 2. The molecule has 0 saturated heterocycles. The highest BCUT2D eigenvalue weighted by Crippen LogP contribution is 2.29. The predicted octanol–water partition coefficient (Wildman–Crippen LogP) is 3.09. The Morgan fingerprint density at radius 3 is 2.90 bits per heavy atom. The van der Waals surface area contributed by atoms with Crippen molar-refractivity contribution in [2.45, 2.75) is 19.4 Å². The van der Waals surface area contributed by atoms with Crippen molar-refractivity contribution >= 4 is 21.8 Å². The fourth-order valence-corrected chi connectivity index (χ4v) is 3.14. The number of halogens is 1. The lowest BCUT2D eigenvalue weighted by molar-refractivity contribution is 0.0946. The van der Waals surface area contributed by atoms with Crippen molar-refractivity contribution in [1.29, 1.82) is 0 Å². The van der Waals surface area contributed by atoms with Crippen LogP contribution in [0.5, 0.6) is 0 Å². The molecule has 2 aromatic rings. The van der Waals surface area contributed by atoms with Crippen LogP contribution in [0.15, 0.2) is 40.9 Å². The first-order chi connectivity index (χ1) is 10.1. The number of hydrogen-bond acceptors (Lipinski definition) is 2. The molecule has 108 valence electrons. The van der Waals surface area contributed by atoms with Gasteiger partial charge in [0.1, 0.15) is 0 Å². The molecule has 3 rings (SSSR count). The highest BCUT2D eigenvalue weighted by Gasteiger charge is 2.19. The topological polar surface area (TPSA) is 55.1 Å². The summed E-state index contributed by atoms with van der Waals surface area (Å²) < 4.78 is 1.05. The predicted molar refractivity (Wildman–Crippen MR) is 87.4 cm³/mol. The molecular weight excluding hydrogens is 328 g/mol. The first-order valence-electron chi connectivity index (χ1n) is 6.99. The molecule has 1 aliphatic heterocycles. The van der Waals surface area contributed by atoms with Crippen LogP contribution >= 0.6 is 15.9 Å². The van der Waals surface area contributed by atoms with Gasteiger partial charge in [-0.05, 0) is 47.7 Å². The van der Waals surface area contributed by atoms with Gasteiger partial charge in [-0.15, -0.1) is 0 Å². The first-order valence-corrected chi connectivity index (χ1v) is 7.79. The zero-order valence-electron chi connectivity index (χ0n) is 11.8. The largest absolute Gasteiger partial charge is 0.352 e. The normalized spacial score (nSPS) is 15.3. The number of fused-ring (bicyclic) bond motifs is 1. The molecule has 0 fully saturated rings. The highest BCUT2D eigenvalue weighted by molar-refractivity contribution is 9.10. The number of rotatable bonds is 2. The molecule has 21 heavy (non-hydrogen) atoms. The molecule has 0 radical (unpaired) electrons. The van der Waals surface area contributed by atoms with Gasteiger partial charge < -0.3 is 11.1 Å². The Morgan fingerprint density at radius 2 is 2.10 bits per heavy atom. The molecule has 1 heterocycles. The second-order valence-corrected chi connectivity index (χ2v) is 6.21. The number of amides is 1. The van der Waals surface area contributed by atoms with E-state index >= 15 is 0 Å². The molecule has 4 heteroatoms. The number of hydrogen-bond donors (Lipinski definition) is 2. The van der Waals surface area contributed by atoms with Gasteiger partial charge >= 0.3 is 0 Å². The van der Waals surface area contributed by atoms with Crippen LogP contribution in [0.1, 0.15) is 38.7 Å². The quantitative estimate of drug-likeness (QED) is 0.879. The molecule has 0 aliphatic carbocycles. The summed E-state index contributed by atoms with van der Waals surface area (Å²) in [5.41, 5.74) is 11.4. The molecule has 3 nitrogen and oxygen atoms in total. The van der Waals surface area contributed by atoms with Crippen LogP contribution < -0.4 is 11.1 Å². The smallest absolute Gasteiger partial charge is 0.251 e. The Morgan fingerprint density at radius 1 is 1.29 bits per heavy atom.